The van der Waals surface area contributed by atoms with E-state index in [9.17, 15) is 0 Å². The molecule has 4 heteroatoms. The lowest BCUT2D eigenvalue weighted by atomic mass is 9.98. The third-order valence-electron chi connectivity index (χ3n) is 3.01. The highest BCUT2D eigenvalue weighted by Crippen LogP contribution is 2.38. The van der Waals surface area contributed by atoms with E-state index in [1.807, 2.05) is 25.1 Å². The van der Waals surface area contributed by atoms with Crippen molar-refractivity contribution in [3.8, 4) is 28.7 Å². The molecule has 1 aromatic heterocycles. The highest BCUT2D eigenvalue weighted by atomic mass is 16.5. The van der Waals surface area contributed by atoms with Crippen LogP contribution >= 0.6 is 0 Å². The molecular weight excluding hydrogens is 240 g/mol. The van der Waals surface area contributed by atoms with Crippen molar-refractivity contribution in [2.24, 2.45) is 0 Å². The zero-order valence-electron chi connectivity index (χ0n) is 11.1. The molecule has 2 aromatic rings. The van der Waals surface area contributed by atoms with Crippen LogP contribution in [0.1, 0.15) is 11.1 Å². The van der Waals surface area contributed by atoms with Crippen LogP contribution in [0.3, 0.4) is 0 Å². The fraction of sp³-hybridized carbons (Fsp3) is 0.200. The van der Waals surface area contributed by atoms with E-state index in [0.29, 0.717) is 11.3 Å². The first-order valence-corrected chi connectivity index (χ1v) is 5.79. The third kappa shape index (κ3) is 2.23. The van der Waals surface area contributed by atoms with Crippen LogP contribution in [-0.4, -0.2) is 19.2 Å². The average Bonchev–Trinajstić information content (AvgIpc) is 2.46. The molecule has 0 aliphatic rings. The SMILES string of the molecule is COc1ccc(-c2ccncc2C#N)c(OC)c1C. The molecule has 0 atom stereocenters. The molecule has 0 fully saturated rings. The predicted octanol–water partition coefficient (Wildman–Crippen LogP) is 2.95. The van der Waals surface area contributed by atoms with Gasteiger partial charge in [0, 0.05) is 29.1 Å². The van der Waals surface area contributed by atoms with E-state index in [1.54, 1.807) is 26.6 Å². The van der Waals surface area contributed by atoms with E-state index in [0.717, 1.165) is 22.4 Å². The molecule has 0 N–H and O–H groups in total. The summed E-state index contributed by atoms with van der Waals surface area (Å²) in [6.07, 6.45) is 3.21. The van der Waals surface area contributed by atoms with Crippen LogP contribution in [0.4, 0.5) is 0 Å². The van der Waals surface area contributed by atoms with Gasteiger partial charge in [-0.05, 0) is 25.1 Å². The van der Waals surface area contributed by atoms with Gasteiger partial charge in [-0.25, -0.2) is 0 Å². The summed E-state index contributed by atoms with van der Waals surface area (Å²) in [5.74, 6) is 1.47. The van der Waals surface area contributed by atoms with Gasteiger partial charge >= 0.3 is 0 Å². The lowest BCUT2D eigenvalue weighted by molar-refractivity contribution is 0.390. The van der Waals surface area contributed by atoms with Crippen LogP contribution in [0.25, 0.3) is 11.1 Å². The summed E-state index contributed by atoms with van der Waals surface area (Å²) in [5, 5.41) is 9.16. The summed E-state index contributed by atoms with van der Waals surface area (Å²) >= 11 is 0. The first-order valence-electron chi connectivity index (χ1n) is 5.79. The Kier molecular flexibility index (Phi) is 3.67. The lowest BCUT2D eigenvalue weighted by Gasteiger charge is -2.15. The van der Waals surface area contributed by atoms with E-state index in [-0.39, 0.29) is 0 Å². The number of aromatic nitrogens is 1. The molecule has 4 nitrogen and oxygen atoms in total. The second kappa shape index (κ2) is 5.40. The molecule has 0 spiro atoms. The quantitative estimate of drug-likeness (QED) is 0.845. The second-order valence-corrected chi connectivity index (χ2v) is 4.01. The van der Waals surface area contributed by atoms with Crippen molar-refractivity contribution in [3.63, 3.8) is 0 Å². The van der Waals surface area contributed by atoms with Crippen LogP contribution in [-0.2, 0) is 0 Å². The molecule has 0 aliphatic carbocycles. The van der Waals surface area contributed by atoms with Gasteiger partial charge in [0.1, 0.15) is 17.6 Å². The Bertz CT molecular complexity index is 645. The highest BCUT2D eigenvalue weighted by molar-refractivity contribution is 5.77. The summed E-state index contributed by atoms with van der Waals surface area (Å²) < 4.78 is 10.7. The summed E-state index contributed by atoms with van der Waals surface area (Å²) in [5.41, 5.74) is 3.09. The topological polar surface area (TPSA) is 55.1 Å². The lowest BCUT2D eigenvalue weighted by Crippen LogP contribution is -1.96. The minimum absolute atomic E-state index is 0.519. The molecule has 1 aromatic carbocycles. The van der Waals surface area contributed by atoms with Gasteiger partial charge in [-0.15, -0.1) is 0 Å². The zero-order valence-corrected chi connectivity index (χ0v) is 11.1. The molecule has 0 radical (unpaired) electrons. The molecule has 1 heterocycles. The Morgan fingerprint density at radius 1 is 1.11 bits per heavy atom. The first-order chi connectivity index (χ1) is 9.22. The predicted molar refractivity (Wildman–Crippen MR) is 72.2 cm³/mol. The van der Waals surface area contributed by atoms with E-state index >= 15 is 0 Å². The number of ether oxygens (including phenoxy) is 2. The number of methoxy groups -OCH3 is 2. The minimum Gasteiger partial charge on any atom is -0.496 e. The van der Waals surface area contributed by atoms with Gasteiger partial charge in [0.2, 0.25) is 0 Å². The van der Waals surface area contributed by atoms with Crippen LogP contribution in [0.15, 0.2) is 30.6 Å². The molecule has 96 valence electrons. The molecule has 0 bridgehead atoms. The smallest absolute Gasteiger partial charge is 0.133 e. The summed E-state index contributed by atoms with van der Waals surface area (Å²) in [6, 6.07) is 7.71. The van der Waals surface area contributed by atoms with Crippen molar-refractivity contribution in [2.75, 3.05) is 14.2 Å². The molecule has 19 heavy (non-hydrogen) atoms. The Morgan fingerprint density at radius 3 is 2.53 bits per heavy atom. The highest BCUT2D eigenvalue weighted by Gasteiger charge is 2.15. The van der Waals surface area contributed by atoms with E-state index in [2.05, 4.69) is 11.1 Å². The fourth-order valence-corrected chi connectivity index (χ4v) is 2.09. The van der Waals surface area contributed by atoms with Gasteiger partial charge in [-0.1, -0.05) is 0 Å². The standard InChI is InChI=1S/C15H14N2O2/c1-10-14(18-2)5-4-13(15(10)19-3)12-6-7-17-9-11(12)8-16/h4-7,9H,1-3H3. The van der Waals surface area contributed by atoms with Crippen LogP contribution in [0.2, 0.25) is 0 Å². The number of rotatable bonds is 3. The molecule has 0 amide bonds. The molecule has 0 saturated heterocycles. The van der Waals surface area contributed by atoms with Crippen molar-refractivity contribution >= 4 is 0 Å². The fourth-order valence-electron chi connectivity index (χ4n) is 2.09. The number of benzene rings is 1. The molecule has 0 saturated carbocycles. The van der Waals surface area contributed by atoms with Gasteiger partial charge in [0.15, 0.2) is 0 Å². The number of nitrogens with zero attached hydrogens (tertiary/aromatic N) is 2. The monoisotopic (exact) mass is 254 g/mol. The first kappa shape index (κ1) is 12.9. The Morgan fingerprint density at radius 2 is 1.89 bits per heavy atom. The zero-order chi connectivity index (χ0) is 13.8. The van der Waals surface area contributed by atoms with Crippen molar-refractivity contribution in [1.82, 2.24) is 4.98 Å². The Labute approximate surface area is 112 Å². The van der Waals surface area contributed by atoms with Crippen molar-refractivity contribution in [2.45, 2.75) is 6.92 Å². The van der Waals surface area contributed by atoms with Gasteiger partial charge in [-0.2, -0.15) is 5.26 Å². The van der Waals surface area contributed by atoms with Crippen LogP contribution < -0.4 is 9.47 Å². The van der Waals surface area contributed by atoms with E-state index < -0.39 is 0 Å². The van der Waals surface area contributed by atoms with E-state index in [1.165, 1.54) is 0 Å². The minimum atomic E-state index is 0.519. The third-order valence-corrected chi connectivity index (χ3v) is 3.01. The summed E-state index contributed by atoms with van der Waals surface area (Å²) in [4.78, 5) is 3.97. The maximum atomic E-state index is 9.16. The molecule has 2 rings (SSSR count). The summed E-state index contributed by atoms with van der Waals surface area (Å²) in [7, 11) is 3.23. The Hall–Kier alpha value is -2.54. The number of hydrogen-bond donors (Lipinski definition) is 0. The van der Waals surface area contributed by atoms with Gasteiger partial charge in [0.25, 0.3) is 0 Å². The maximum absolute atomic E-state index is 9.16. The maximum Gasteiger partial charge on any atom is 0.133 e. The normalized spacial score (nSPS) is 9.79. The van der Waals surface area contributed by atoms with Crippen LogP contribution in [0, 0.1) is 18.3 Å². The number of hydrogen-bond acceptors (Lipinski definition) is 4. The van der Waals surface area contributed by atoms with Gasteiger partial charge in [0.05, 0.1) is 19.8 Å². The molecule has 0 aliphatic heterocycles. The van der Waals surface area contributed by atoms with Crippen LogP contribution in [0.5, 0.6) is 11.5 Å². The Balaban J connectivity index is 2.70. The van der Waals surface area contributed by atoms with E-state index in [4.69, 9.17) is 14.7 Å². The van der Waals surface area contributed by atoms with Crippen molar-refractivity contribution in [3.05, 3.63) is 41.7 Å². The summed E-state index contributed by atoms with van der Waals surface area (Å²) in [6.45, 7) is 1.93. The second-order valence-electron chi connectivity index (χ2n) is 4.01. The van der Waals surface area contributed by atoms with Crippen molar-refractivity contribution < 1.29 is 9.47 Å². The molecule has 0 unspecified atom stereocenters. The number of pyridine rings is 1. The largest absolute Gasteiger partial charge is 0.496 e. The average molecular weight is 254 g/mol. The number of nitriles is 1. The van der Waals surface area contributed by atoms with Crippen molar-refractivity contribution in [1.29, 1.82) is 5.26 Å². The van der Waals surface area contributed by atoms with Gasteiger partial charge < -0.3 is 9.47 Å². The molecular formula is C15H14N2O2. The van der Waals surface area contributed by atoms with Gasteiger partial charge in [-0.3, -0.25) is 4.98 Å².